The van der Waals surface area contributed by atoms with Crippen molar-refractivity contribution in [2.45, 2.75) is 11.8 Å². The van der Waals surface area contributed by atoms with Gasteiger partial charge in [-0.3, -0.25) is 0 Å². The molecule has 0 radical (unpaired) electrons. The fourth-order valence-electron chi connectivity index (χ4n) is 2.65. The minimum atomic E-state index is -3.84. The minimum absolute atomic E-state index is 0.173. The van der Waals surface area contributed by atoms with Gasteiger partial charge >= 0.3 is 0 Å². The third-order valence-electron chi connectivity index (χ3n) is 3.76. The Morgan fingerprint density at radius 3 is 2.56 bits per heavy atom. The van der Waals surface area contributed by atoms with Gasteiger partial charge in [-0.15, -0.1) is 0 Å². The summed E-state index contributed by atoms with van der Waals surface area (Å²) in [5.74, 6) is 0.266. The van der Waals surface area contributed by atoms with E-state index in [1.165, 1.54) is 3.97 Å². The molecular weight excluding hydrogens is 336 g/mol. The van der Waals surface area contributed by atoms with E-state index in [0.29, 0.717) is 28.9 Å². The predicted molar refractivity (Wildman–Crippen MR) is 97.9 cm³/mol. The molecule has 0 saturated carbocycles. The van der Waals surface area contributed by atoms with E-state index in [1.807, 2.05) is 0 Å². The van der Waals surface area contributed by atoms with Gasteiger partial charge < -0.3 is 4.74 Å². The SMILES string of the molecule is [C-]#[N+]c1ccc2c(c1)cc(C(=C)OCC)n2S(=O)(=O)c1ccccc1. The number of nitrogens with zero attached hydrogens (tertiary/aromatic N) is 2. The largest absolute Gasteiger partial charge is 0.492 e. The number of hydrogen-bond donors (Lipinski definition) is 0. The quantitative estimate of drug-likeness (QED) is 0.504. The molecule has 1 aromatic heterocycles. The van der Waals surface area contributed by atoms with Gasteiger partial charge in [-0.25, -0.2) is 17.2 Å². The Kier molecular flexibility index (Phi) is 4.34. The second-order valence-electron chi connectivity index (χ2n) is 5.32. The van der Waals surface area contributed by atoms with Crippen molar-refractivity contribution in [3.05, 3.63) is 78.3 Å². The van der Waals surface area contributed by atoms with Crippen LogP contribution in [0.1, 0.15) is 12.6 Å². The summed E-state index contributed by atoms with van der Waals surface area (Å²) < 4.78 is 33.1. The molecule has 0 aliphatic heterocycles. The predicted octanol–water partition coefficient (Wildman–Crippen LogP) is 4.44. The Bertz CT molecular complexity index is 1090. The van der Waals surface area contributed by atoms with Crippen molar-refractivity contribution in [2.24, 2.45) is 0 Å². The summed E-state index contributed by atoms with van der Waals surface area (Å²) in [5.41, 5.74) is 1.27. The number of benzene rings is 2. The molecule has 0 atom stereocenters. The Morgan fingerprint density at radius 1 is 1.20 bits per heavy atom. The molecule has 0 fully saturated rings. The molecule has 0 unspecified atom stereocenters. The standard InChI is InChI=1S/C19H16N2O3S/c1-4-24-14(2)19-13-15-12-16(20-3)10-11-18(15)21(19)25(22,23)17-8-6-5-7-9-17/h5-13H,2,4H2,1H3. The Morgan fingerprint density at radius 2 is 1.92 bits per heavy atom. The van der Waals surface area contributed by atoms with E-state index >= 15 is 0 Å². The number of aromatic nitrogens is 1. The average molecular weight is 352 g/mol. The molecule has 3 rings (SSSR count). The van der Waals surface area contributed by atoms with Gasteiger partial charge in [0.25, 0.3) is 10.0 Å². The molecule has 0 aliphatic rings. The van der Waals surface area contributed by atoms with E-state index in [9.17, 15) is 8.42 Å². The van der Waals surface area contributed by atoms with E-state index in [4.69, 9.17) is 11.3 Å². The monoisotopic (exact) mass is 352 g/mol. The highest BCUT2D eigenvalue weighted by Gasteiger charge is 2.24. The molecule has 0 N–H and O–H groups in total. The zero-order chi connectivity index (χ0) is 18.0. The highest BCUT2D eigenvalue weighted by atomic mass is 32.2. The molecule has 0 bridgehead atoms. The summed E-state index contributed by atoms with van der Waals surface area (Å²) in [5, 5.41) is 0.642. The Hall–Kier alpha value is -3.04. The smallest absolute Gasteiger partial charge is 0.268 e. The van der Waals surface area contributed by atoms with Crippen molar-refractivity contribution in [1.29, 1.82) is 0 Å². The number of ether oxygens (including phenoxy) is 1. The van der Waals surface area contributed by atoms with Crippen LogP contribution in [0.25, 0.3) is 21.5 Å². The second kappa shape index (κ2) is 6.46. The first-order chi connectivity index (χ1) is 12.0. The van der Waals surface area contributed by atoms with Gasteiger partial charge in [0.15, 0.2) is 5.69 Å². The molecule has 25 heavy (non-hydrogen) atoms. The van der Waals surface area contributed by atoms with Crippen LogP contribution in [-0.4, -0.2) is 19.0 Å². The molecule has 1 heterocycles. The molecule has 0 saturated heterocycles. The molecule has 3 aromatic rings. The van der Waals surface area contributed by atoms with Crippen LogP contribution in [0.15, 0.2) is 66.1 Å². The molecule has 0 amide bonds. The number of rotatable bonds is 5. The van der Waals surface area contributed by atoms with Crippen LogP contribution in [0.3, 0.4) is 0 Å². The van der Waals surface area contributed by atoms with E-state index < -0.39 is 10.0 Å². The van der Waals surface area contributed by atoms with E-state index in [2.05, 4.69) is 11.4 Å². The van der Waals surface area contributed by atoms with Crippen LogP contribution in [0.4, 0.5) is 5.69 Å². The lowest BCUT2D eigenvalue weighted by atomic mass is 10.2. The minimum Gasteiger partial charge on any atom is -0.492 e. The van der Waals surface area contributed by atoms with E-state index in [-0.39, 0.29) is 10.7 Å². The Labute approximate surface area is 146 Å². The van der Waals surface area contributed by atoms with Crippen molar-refractivity contribution in [3.63, 3.8) is 0 Å². The first kappa shape index (κ1) is 16.8. The molecule has 0 aliphatic carbocycles. The maximum Gasteiger partial charge on any atom is 0.268 e. The van der Waals surface area contributed by atoms with Crippen molar-refractivity contribution in [2.75, 3.05) is 6.61 Å². The van der Waals surface area contributed by atoms with Gasteiger partial charge in [0.2, 0.25) is 0 Å². The third kappa shape index (κ3) is 2.90. The number of fused-ring (bicyclic) bond motifs is 1. The summed E-state index contributed by atoms with van der Waals surface area (Å²) in [7, 11) is -3.84. The molecule has 6 heteroatoms. The van der Waals surface area contributed by atoms with Crippen molar-refractivity contribution in [3.8, 4) is 0 Å². The van der Waals surface area contributed by atoms with Crippen LogP contribution < -0.4 is 0 Å². The van der Waals surface area contributed by atoms with Gasteiger partial charge in [0.05, 0.1) is 29.3 Å². The lowest BCUT2D eigenvalue weighted by Crippen LogP contribution is -2.15. The maximum atomic E-state index is 13.2. The number of hydrogen-bond acceptors (Lipinski definition) is 3. The van der Waals surface area contributed by atoms with Crippen LogP contribution in [0.2, 0.25) is 0 Å². The summed E-state index contributed by atoms with van der Waals surface area (Å²) in [6, 6.07) is 14.8. The Balaban J connectivity index is 2.34. The summed E-state index contributed by atoms with van der Waals surface area (Å²) in [6.07, 6.45) is 0. The van der Waals surface area contributed by atoms with Gasteiger partial charge in [-0.2, -0.15) is 0 Å². The topological polar surface area (TPSA) is 52.7 Å². The second-order valence-corrected chi connectivity index (χ2v) is 7.11. The summed E-state index contributed by atoms with van der Waals surface area (Å²) >= 11 is 0. The average Bonchev–Trinajstić information content (AvgIpc) is 3.02. The maximum absolute atomic E-state index is 13.2. The first-order valence-corrected chi connectivity index (χ1v) is 9.08. The van der Waals surface area contributed by atoms with Gasteiger partial charge in [-0.1, -0.05) is 30.8 Å². The molecule has 126 valence electrons. The highest BCUT2D eigenvalue weighted by Crippen LogP contribution is 2.31. The highest BCUT2D eigenvalue weighted by molar-refractivity contribution is 7.90. The normalized spacial score (nSPS) is 11.2. The van der Waals surface area contributed by atoms with Gasteiger partial charge in [0.1, 0.15) is 5.76 Å². The first-order valence-electron chi connectivity index (χ1n) is 7.64. The van der Waals surface area contributed by atoms with Crippen LogP contribution in [0, 0.1) is 6.57 Å². The van der Waals surface area contributed by atoms with Gasteiger partial charge in [-0.05, 0) is 42.6 Å². The van der Waals surface area contributed by atoms with Gasteiger partial charge in [0, 0.05) is 0 Å². The van der Waals surface area contributed by atoms with E-state index in [0.717, 1.165) is 0 Å². The molecule has 5 nitrogen and oxygen atoms in total. The zero-order valence-corrected chi connectivity index (χ0v) is 14.5. The molecule has 2 aromatic carbocycles. The third-order valence-corrected chi connectivity index (χ3v) is 5.50. The lowest BCUT2D eigenvalue weighted by Gasteiger charge is -2.13. The fourth-order valence-corrected chi connectivity index (χ4v) is 4.20. The fraction of sp³-hybridized carbons (Fsp3) is 0.105. The van der Waals surface area contributed by atoms with Crippen molar-refractivity contribution < 1.29 is 13.2 Å². The van der Waals surface area contributed by atoms with Crippen LogP contribution >= 0.6 is 0 Å². The zero-order valence-electron chi connectivity index (χ0n) is 13.6. The van der Waals surface area contributed by atoms with Crippen molar-refractivity contribution in [1.82, 2.24) is 3.97 Å². The van der Waals surface area contributed by atoms with E-state index in [1.54, 1.807) is 61.5 Å². The lowest BCUT2D eigenvalue weighted by molar-refractivity contribution is 0.297. The molecular formula is C19H16N2O3S. The summed E-state index contributed by atoms with van der Waals surface area (Å²) in [4.78, 5) is 3.57. The van der Waals surface area contributed by atoms with Crippen molar-refractivity contribution >= 4 is 32.4 Å². The van der Waals surface area contributed by atoms with Crippen LogP contribution in [0.5, 0.6) is 0 Å². The molecule has 0 spiro atoms. The summed E-state index contributed by atoms with van der Waals surface area (Å²) in [6.45, 7) is 13.2. The van der Waals surface area contributed by atoms with Crippen LogP contribution in [-0.2, 0) is 14.8 Å².